The first-order valence-electron chi connectivity index (χ1n) is 6.26. The molecule has 0 spiro atoms. The van der Waals surface area contributed by atoms with Crippen molar-refractivity contribution in [2.24, 2.45) is 0 Å². The second kappa shape index (κ2) is 7.65. The van der Waals surface area contributed by atoms with Crippen LogP contribution in [0.4, 0.5) is 0 Å². The third-order valence-electron chi connectivity index (χ3n) is 2.75. The Morgan fingerprint density at radius 3 is 2.67 bits per heavy atom. The van der Waals surface area contributed by atoms with Crippen molar-refractivity contribution >= 4 is 29.1 Å². The van der Waals surface area contributed by atoms with Gasteiger partial charge in [0.05, 0.1) is 10.0 Å². The molecule has 1 amide bonds. The molecule has 0 radical (unpaired) electrons. The fraction of sp³-hybridized carbons (Fsp3) is 0.500. The van der Waals surface area contributed by atoms with E-state index in [2.05, 4.69) is 12.2 Å². The third-order valence-corrected chi connectivity index (χ3v) is 3.49. The van der Waals surface area contributed by atoms with Crippen LogP contribution >= 0.6 is 23.2 Å². The number of benzene rings is 1. The highest BCUT2D eigenvalue weighted by atomic mass is 35.5. The van der Waals surface area contributed by atoms with E-state index in [-0.39, 0.29) is 11.9 Å². The van der Waals surface area contributed by atoms with Crippen molar-refractivity contribution in [3.63, 3.8) is 0 Å². The van der Waals surface area contributed by atoms with Gasteiger partial charge in [-0.15, -0.1) is 0 Å². The van der Waals surface area contributed by atoms with Gasteiger partial charge in [-0.2, -0.15) is 0 Å². The van der Waals surface area contributed by atoms with Crippen molar-refractivity contribution in [3.05, 3.63) is 33.8 Å². The number of halogens is 2. The van der Waals surface area contributed by atoms with Gasteiger partial charge in [-0.05, 0) is 37.5 Å². The van der Waals surface area contributed by atoms with Crippen LogP contribution in [0.5, 0.6) is 0 Å². The van der Waals surface area contributed by atoms with Crippen molar-refractivity contribution in [2.75, 3.05) is 0 Å². The standard InChI is InChI=1S/C14H19Cl2NO/c1-3-4-10(2)17-14(18)8-6-11-5-7-12(15)13(16)9-11/h5,7,9-10H,3-4,6,8H2,1-2H3,(H,17,18). The summed E-state index contributed by atoms with van der Waals surface area (Å²) >= 11 is 11.8. The molecule has 18 heavy (non-hydrogen) atoms. The smallest absolute Gasteiger partial charge is 0.220 e. The highest BCUT2D eigenvalue weighted by Crippen LogP contribution is 2.23. The van der Waals surface area contributed by atoms with E-state index in [4.69, 9.17) is 23.2 Å². The van der Waals surface area contributed by atoms with Gasteiger partial charge in [0.2, 0.25) is 5.91 Å². The lowest BCUT2D eigenvalue weighted by atomic mass is 10.1. The van der Waals surface area contributed by atoms with Crippen LogP contribution in [0.1, 0.15) is 38.7 Å². The first-order valence-corrected chi connectivity index (χ1v) is 7.01. The number of amides is 1. The van der Waals surface area contributed by atoms with Crippen LogP contribution in [0, 0.1) is 0 Å². The van der Waals surface area contributed by atoms with E-state index in [1.54, 1.807) is 6.07 Å². The zero-order valence-corrected chi connectivity index (χ0v) is 12.3. The van der Waals surface area contributed by atoms with Crippen LogP contribution in [0.25, 0.3) is 0 Å². The first-order chi connectivity index (χ1) is 8.52. The Morgan fingerprint density at radius 2 is 2.06 bits per heavy atom. The minimum absolute atomic E-state index is 0.0852. The summed E-state index contributed by atoms with van der Waals surface area (Å²) in [5, 5.41) is 4.06. The second-order valence-electron chi connectivity index (χ2n) is 4.51. The average Bonchev–Trinajstić information content (AvgIpc) is 2.31. The molecule has 0 fully saturated rings. The van der Waals surface area contributed by atoms with Crippen molar-refractivity contribution in [1.82, 2.24) is 5.32 Å². The quantitative estimate of drug-likeness (QED) is 0.833. The highest BCUT2D eigenvalue weighted by molar-refractivity contribution is 6.42. The molecule has 1 aromatic rings. The van der Waals surface area contributed by atoms with Gasteiger partial charge in [-0.3, -0.25) is 4.79 Å². The number of carbonyl (C=O) groups is 1. The number of aryl methyl sites for hydroxylation is 1. The van der Waals surface area contributed by atoms with Gasteiger partial charge < -0.3 is 5.32 Å². The molecule has 0 aliphatic rings. The Bertz CT molecular complexity index is 407. The van der Waals surface area contributed by atoms with E-state index < -0.39 is 0 Å². The third kappa shape index (κ3) is 5.28. The van der Waals surface area contributed by atoms with Gasteiger partial charge in [0.15, 0.2) is 0 Å². The molecule has 1 N–H and O–H groups in total. The van der Waals surface area contributed by atoms with Crippen LogP contribution in [0.15, 0.2) is 18.2 Å². The maximum absolute atomic E-state index is 11.7. The van der Waals surface area contributed by atoms with E-state index in [1.807, 2.05) is 19.1 Å². The molecule has 1 atom stereocenters. The summed E-state index contributed by atoms with van der Waals surface area (Å²) in [5.74, 6) is 0.0852. The topological polar surface area (TPSA) is 29.1 Å². The van der Waals surface area contributed by atoms with E-state index in [1.165, 1.54) is 0 Å². The van der Waals surface area contributed by atoms with Crippen LogP contribution in [-0.2, 0) is 11.2 Å². The summed E-state index contributed by atoms with van der Waals surface area (Å²) in [5.41, 5.74) is 1.03. The van der Waals surface area contributed by atoms with Crippen LogP contribution in [-0.4, -0.2) is 11.9 Å². The molecule has 0 saturated carbocycles. The maximum Gasteiger partial charge on any atom is 0.220 e. The highest BCUT2D eigenvalue weighted by Gasteiger charge is 2.07. The van der Waals surface area contributed by atoms with E-state index in [0.717, 1.165) is 18.4 Å². The van der Waals surface area contributed by atoms with Crippen LogP contribution in [0.3, 0.4) is 0 Å². The predicted octanol–water partition coefficient (Wildman–Crippen LogP) is 4.23. The van der Waals surface area contributed by atoms with Crippen LogP contribution < -0.4 is 5.32 Å². The lowest BCUT2D eigenvalue weighted by Gasteiger charge is -2.12. The lowest BCUT2D eigenvalue weighted by Crippen LogP contribution is -2.32. The summed E-state index contributed by atoms with van der Waals surface area (Å²) in [4.78, 5) is 11.7. The molecule has 1 unspecified atom stereocenters. The van der Waals surface area contributed by atoms with E-state index >= 15 is 0 Å². The van der Waals surface area contributed by atoms with Gasteiger partial charge in [0.25, 0.3) is 0 Å². The van der Waals surface area contributed by atoms with Crippen LogP contribution in [0.2, 0.25) is 10.0 Å². The summed E-state index contributed by atoms with van der Waals surface area (Å²) in [6.45, 7) is 4.14. The summed E-state index contributed by atoms with van der Waals surface area (Å²) in [6.07, 6.45) is 3.25. The Morgan fingerprint density at radius 1 is 1.33 bits per heavy atom. The molecule has 100 valence electrons. The second-order valence-corrected chi connectivity index (χ2v) is 5.32. The van der Waals surface area contributed by atoms with Crippen molar-refractivity contribution in [2.45, 2.75) is 45.6 Å². The molecule has 0 saturated heterocycles. The summed E-state index contributed by atoms with van der Waals surface area (Å²) in [6, 6.07) is 5.72. The largest absolute Gasteiger partial charge is 0.354 e. The molecule has 1 aromatic carbocycles. The van der Waals surface area contributed by atoms with Crippen molar-refractivity contribution in [1.29, 1.82) is 0 Å². The van der Waals surface area contributed by atoms with Gasteiger partial charge in [0, 0.05) is 12.5 Å². The zero-order valence-electron chi connectivity index (χ0n) is 10.8. The summed E-state index contributed by atoms with van der Waals surface area (Å²) < 4.78 is 0. The molecule has 0 aliphatic carbocycles. The molecule has 0 aliphatic heterocycles. The number of hydrogen-bond acceptors (Lipinski definition) is 1. The van der Waals surface area contributed by atoms with E-state index in [9.17, 15) is 4.79 Å². The lowest BCUT2D eigenvalue weighted by molar-refractivity contribution is -0.121. The van der Waals surface area contributed by atoms with Gasteiger partial charge in [-0.25, -0.2) is 0 Å². The van der Waals surface area contributed by atoms with Gasteiger partial charge in [0.1, 0.15) is 0 Å². The fourth-order valence-electron chi connectivity index (χ4n) is 1.81. The summed E-state index contributed by atoms with van der Waals surface area (Å²) in [7, 11) is 0. The number of rotatable bonds is 6. The SMILES string of the molecule is CCCC(C)NC(=O)CCc1ccc(Cl)c(Cl)c1. The normalized spacial score (nSPS) is 12.2. The zero-order chi connectivity index (χ0) is 13.5. The minimum atomic E-state index is 0.0852. The Hall–Kier alpha value is -0.730. The predicted molar refractivity (Wildman–Crippen MR) is 77.3 cm³/mol. The van der Waals surface area contributed by atoms with Gasteiger partial charge in [-0.1, -0.05) is 42.6 Å². The molecule has 2 nitrogen and oxygen atoms in total. The van der Waals surface area contributed by atoms with E-state index in [0.29, 0.717) is 22.9 Å². The number of nitrogens with one attached hydrogen (secondary N) is 1. The fourth-order valence-corrected chi connectivity index (χ4v) is 2.13. The molecule has 1 rings (SSSR count). The maximum atomic E-state index is 11.7. The molecular weight excluding hydrogens is 269 g/mol. The van der Waals surface area contributed by atoms with Crippen molar-refractivity contribution < 1.29 is 4.79 Å². The molecular formula is C14H19Cl2NO. The van der Waals surface area contributed by atoms with Gasteiger partial charge >= 0.3 is 0 Å². The molecule has 0 bridgehead atoms. The average molecular weight is 288 g/mol. The molecule has 0 aromatic heterocycles. The Kier molecular flexibility index (Phi) is 6.51. The Balaban J connectivity index is 2.40. The van der Waals surface area contributed by atoms with Crippen molar-refractivity contribution in [3.8, 4) is 0 Å². The number of hydrogen-bond donors (Lipinski definition) is 1. The molecule has 4 heteroatoms. The first kappa shape index (κ1) is 15.3. The Labute approximate surface area is 119 Å². The molecule has 0 heterocycles. The number of carbonyl (C=O) groups excluding carboxylic acids is 1. The monoisotopic (exact) mass is 287 g/mol. The minimum Gasteiger partial charge on any atom is -0.354 e.